The molecule has 0 spiro atoms. The van der Waals surface area contributed by atoms with Crippen molar-refractivity contribution < 1.29 is 13.3 Å². The molecule has 0 atom stereocenters. The van der Waals surface area contributed by atoms with Crippen LogP contribution in [0.15, 0.2) is 0 Å². The lowest BCUT2D eigenvalue weighted by Gasteiger charge is -2.36. The van der Waals surface area contributed by atoms with E-state index in [1.165, 1.54) is 32.1 Å². The van der Waals surface area contributed by atoms with E-state index in [0.29, 0.717) is 5.54 Å². The topological polar surface area (TPSA) is 27.7 Å². The Kier molecular flexibility index (Phi) is 5.25. The number of rotatable bonds is 5. The van der Waals surface area contributed by atoms with Crippen molar-refractivity contribution in [1.29, 1.82) is 0 Å². The van der Waals surface area contributed by atoms with Crippen LogP contribution in [0, 0.1) is 0 Å². The average molecular weight is 232 g/mol. The second-order valence-corrected chi connectivity index (χ2v) is 7.59. The maximum absolute atomic E-state index is 5.97. The van der Waals surface area contributed by atoms with E-state index >= 15 is 0 Å². The normalized spacial score (nSPS) is 19.8. The Bertz CT molecular complexity index is 175. The van der Waals surface area contributed by atoms with Gasteiger partial charge < -0.3 is 13.3 Å². The minimum Gasteiger partial charge on any atom is -0.377 e. The monoisotopic (exact) mass is 232 g/mol. The van der Waals surface area contributed by atoms with Gasteiger partial charge in [0.1, 0.15) is 0 Å². The van der Waals surface area contributed by atoms with Gasteiger partial charge in [0.15, 0.2) is 0 Å². The van der Waals surface area contributed by atoms with Crippen LogP contribution in [-0.4, -0.2) is 29.1 Å². The van der Waals surface area contributed by atoms with Crippen LogP contribution in [0.2, 0.25) is 5.54 Å². The van der Waals surface area contributed by atoms with Gasteiger partial charge in [-0.2, -0.15) is 0 Å². The fourth-order valence-electron chi connectivity index (χ4n) is 2.39. The lowest BCUT2D eigenvalue weighted by Crippen LogP contribution is -2.50. The third-order valence-corrected chi connectivity index (χ3v) is 6.59. The first-order chi connectivity index (χ1) is 7.14. The van der Waals surface area contributed by atoms with Gasteiger partial charge in [0, 0.05) is 25.9 Å². The zero-order valence-corrected chi connectivity index (χ0v) is 11.4. The molecule has 0 aromatic heterocycles. The molecule has 1 aliphatic rings. The predicted octanol–water partition coefficient (Wildman–Crippen LogP) is 2.98. The molecule has 0 saturated heterocycles. The van der Waals surface area contributed by atoms with Crippen molar-refractivity contribution in [3.05, 3.63) is 0 Å². The molecule has 90 valence electrons. The van der Waals surface area contributed by atoms with Gasteiger partial charge in [0.05, 0.1) is 0 Å². The Morgan fingerprint density at radius 3 is 1.93 bits per heavy atom. The molecule has 1 aliphatic carbocycles. The Morgan fingerprint density at radius 2 is 1.53 bits per heavy atom. The van der Waals surface area contributed by atoms with E-state index in [1.54, 1.807) is 14.2 Å². The standard InChI is InChI=1S/C11H24O3Si/c1-10(2)14-15(12-3,13-4)11-8-6-5-7-9-11/h10-11H,5-9H2,1-4H3. The molecule has 0 radical (unpaired) electrons. The summed E-state index contributed by atoms with van der Waals surface area (Å²) in [5.74, 6) is 0. The van der Waals surface area contributed by atoms with E-state index in [-0.39, 0.29) is 6.10 Å². The maximum Gasteiger partial charge on any atom is 0.503 e. The molecule has 0 aliphatic heterocycles. The van der Waals surface area contributed by atoms with Crippen LogP contribution in [0.4, 0.5) is 0 Å². The highest BCUT2D eigenvalue weighted by molar-refractivity contribution is 6.62. The van der Waals surface area contributed by atoms with Crippen molar-refractivity contribution in [1.82, 2.24) is 0 Å². The fraction of sp³-hybridized carbons (Fsp3) is 1.00. The van der Waals surface area contributed by atoms with Gasteiger partial charge in [0.2, 0.25) is 0 Å². The van der Waals surface area contributed by atoms with E-state index in [2.05, 4.69) is 0 Å². The Balaban J connectivity index is 2.68. The van der Waals surface area contributed by atoms with Gasteiger partial charge in [-0.1, -0.05) is 19.3 Å². The fourth-order valence-corrected chi connectivity index (χ4v) is 5.38. The second kappa shape index (κ2) is 5.99. The molecule has 0 N–H and O–H groups in total. The molecule has 0 aromatic carbocycles. The first kappa shape index (κ1) is 13.2. The summed E-state index contributed by atoms with van der Waals surface area (Å²) in [4.78, 5) is 0. The van der Waals surface area contributed by atoms with Gasteiger partial charge >= 0.3 is 8.80 Å². The van der Waals surface area contributed by atoms with E-state index < -0.39 is 8.80 Å². The van der Waals surface area contributed by atoms with Crippen LogP contribution in [0.5, 0.6) is 0 Å². The van der Waals surface area contributed by atoms with Crippen molar-refractivity contribution in [2.45, 2.75) is 57.6 Å². The summed E-state index contributed by atoms with van der Waals surface area (Å²) in [5, 5.41) is 0. The molecular formula is C11H24O3Si. The van der Waals surface area contributed by atoms with Crippen LogP contribution in [0.3, 0.4) is 0 Å². The summed E-state index contributed by atoms with van der Waals surface area (Å²) in [6.07, 6.45) is 6.48. The highest BCUT2D eigenvalue weighted by Gasteiger charge is 2.48. The highest BCUT2D eigenvalue weighted by Crippen LogP contribution is 2.38. The molecule has 0 aromatic rings. The molecule has 0 heterocycles. The third-order valence-electron chi connectivity index (χ3n) is 3.07. The summed E-state index contributed by atoms with van der Waals surface area (Å²) < 4.78 is 17.2. The molecule has 1 rings (SSSR count). The second-order valence-electron chi connectivity index (χ2n) is 4.51. The quantitative estimate of drug-likeness (QED) is 0.682. The average Bonchev–Trinajstić information content (AvgIpc) is 2.27. The molecular weight excluding hydrogens is 208 g/mol. The van der Waals surface area contributed by atoms with Gasteiger partial charge in [-0.3, -0.25) is 0 Å². The summed E-state index contributed by atoms with van der Waals surface area (Å²) in [6, 6.07) is 0. The lowest BCUT2D eigenvalue weighted by molar-refractivity contribution is 0.0555. The Morgan fingerprint density at radius 1 is 1.00 bits per heavy atom. The molecule has 1 fully saturated rings. The minimum atomic E-state index is -2.41. The van der Waals surface area contributed by atoms with Crippen molar-refractivity contribution >= 4 is 8.80 Å². The predicted molar refractivity (Wildman–Crippen MR) is 62.8 cm³/mol. The summed E-state index contributed by atoms with van der Waals surface area (Å²) >= 11 is 0. The Hall–Kier alpha value is 0.0969. The van der Waals surface area contributed by atoms with Crippen LogP contribution >= 0.6 is 0 Å². The zero-order valence-electron chi connectivity index (χ0n) is 10.4. The van der Waals surface area contributed by atoms with E-state index in [1.807, 2.05) is 13.8 Å². The Labute approximate surface area is 94.5 Å². The van der Waals surface area contributed by atoms with Crippen molar-refractivity contribution in [3.63, 3.8) is 0 Å². The SMILES string of the molecule is CO[Si](OC)(OC(C)C)C1CCCCC1. The number of hydrogen-bond donors (Lipinski definition) is 0. The van der Waals surface area contributed by atoms with Gasteiger partial charge in [-0.05, 0) is 26.7 Å². The molecule has 3 nitrogen and oxygen atoms in total. The summed E-state index contributed by atoms with van der Waals surface area (Å²) in [6.45, 7) is 4.09. The molecule has 15 heavy (non-hydrogen) atoms. The van der Waals surface area contributed by atoms with Crippen molar-refractivity contribution in [2.24, 2.45) is 0 Å². The first-order valence-corrected chi connectivity index (χ1v) is 7.73. The third kappa shape index (κ3) is 3.28. The lowest BCUT2D eigenvalue weighted by atomic mass is 10.0. The molecule has 0 unspecified atom stereocenters. The number of hydrogen-bond acceptors (Lipinski definition) is 3. The van der Waals surface area contributed by atoms with Gasteiger partial charge in [0.25, 0.3) is 0 Å². The van der Waals surface area contributed by atoms with Crippen LogP contribution in [0.1, 0.15) is 46.0 Å². The van der Waals surface area contributed by atoms with E-state index in [9.17, 15) is 0 Å². The smallest absolute Gasteiger partial charge is 0.377 e. The largest absolute Gasteiger partial charge is 0.503 e. The highest BCUT2D eigenvalue weighted by atomic mass is 28.4. The van der Waals surface area contributed by atoms with Gasteiger partial charge in [-0.25, -0.2) is 0 Å². The minimum absolute atomic E-state index is 0.179. The zero-order chi connectivity index (χ0) is 11.3. The summed E-state index contributed by atoms with van der Waals surface area (Å²) in [7, 11) is 1.05. The van der Waals surface area contributed by atoms with E-state index in [0.717, 1.165) is 0 Å². The van der Waals surface area contributed by atoms with E-state index in [4.69, 9.17) is 13.3 Å². The van der Waals surface area contributed by atoms with Crippen LogP contribution < -0.4 is 0 Å². The molecule has 1 saturated carbocycles. The molecule has 4 heteroatoms. The van der Waals surface area contributed by atoms with Crippen LogP contribution in [0.25, 0.3) is 0 Å². The molecule has 0 bridgehead atoms. The molecule has 0 amide bonds. The van der Waals surface area contributed by atoms with Crippen molar-refractivity contribution in [2.75, 3.05) is 14.2 Å². The summed E-state index contributed by atoms with van der Waals surface area (Å²) in [5.41, 5.74) is 0.503. The first-order valence-electron chi connectivity index (χ1n) is 5.92. The van der Waals surface area contributed by atoms with Crippen molar-refractivity contribution in [3.8, 4) is 0 Å². The van der Waals surface area contributed by atoms with Crippen LogP contribution in [-0.2, 0) is 13.3 Å². The maximum atomic E-state index is 5.97. The van der Waals surface area contributed by atoms with Gasteiger partial charge in [-0.15, -0.1) is 0 Å².